The maximum Gasteiger partial charge on any atom is 0.255 e. The maximum absolute atomic E-state index is 12.3. The molecule has 2 atom stereocenters. The average Bonchev–Trinajstić information content (AvgIpc) is 2.35. The van der Waals surface area contributed by atoms with Crippen molar-refractivity contribution >= 4 is 29.1 Å². The molecule has 1 saturated heterocycles. The summed E-state index contributed by atoms with van der Waals surface area (Å²) < 4.78 is 0. The van der Waals surface area contributed by atoms with Crippen molar-refractivity contribution in [3.63, 3.8) is 0 Å². The van der Waals surface area contributed by atoms with Gasteiger partial charge in [0.15, 0.2) is 0 Å². The normalized spacial score (nSPS) is 24.1. The molecule has 0 aromatic carbocycles. The van der Waals surface area contributed by atoms with Gasteiger partial charge in [-0.05, 0) is 18.4 Å². The van der Waals surface area contributed by atoms with Gasteiger partial charge in [-0.3, -0.25) is 4.79 Å². The van der Waals surface area contributed by atoms with Crippen LogP contribution >= 0.6 is 23.2 Å². The minimum atomic E-state index is -0.342. The fourth-order valence-corrected chi connectivity index (χ4v) is 2.41. The van der Waals surface area contributed by atoms with E-state index >= 15 is 0 Å². The fourth-order valence-electron chi connectivity index (χ4n) is 2.07. The van der Waals surface area contributed by atoms with Crippen LogP contribution in [0, 0.1) is 5.92 Å². The van der Waals surface area contributed by atoms with E-state index in [-0.39, 0.29) is 23.1 Å². The Bertz CT molecular complexity index is 467. The van der Waals surface area contributed by atoms with E-state index < -0.39 is 0 Å². The molecule has 1 aliphatic rings. The molecule has 2 rings (SSSR count). The van der Waals surface area contributed by atoms with Gasteiger partial charge in [0.2, 0.25) is 0 Å². The molecule has 1 N–H and O–H groups in total. The van der Waals surface area contributed by atoms with E-state index in [4.69, 9.17) is 23.2 Å². The summed E-state index contributed by atoms with van der Waals surface area (Å²) in [5, 5.41) is 10.2. The van der Waals surface area contributed by atoms with E-state index in [9.17, 15) is 9.90 Å². The van der Waals surface area contributed by atoms with Gasteiger partial charge in [-0.1, -0.05) is 30.1 Å². The zero-order valence-corrected chi connectivity index (χ0v) is 11.4. The number of likely N-dealkylation sites (tertiary alicyclic amines) is 1. The second-order valence-electron chi connectivity index (χ2n) is 4.57. The number of aliphatic hydroxyl groups excluding tert-OH is 1. The van der Waals surface area contributed by atoms with E-state index in [1.54, 1.807) is 4.90 Å². The van der Waals surface area contributed by atoms with Crippen LogP contribution in [-0.4, -0.2) is 40.1 Å². The van der Waals surface area contributed by atoms with Crippen LogP contribution in [0.1, 0.15) is 23.7 Å². The Labute approximate surface area is 116 Å². The topological polar surface area (TPSA) is 53.4 Å². The molecule has 1 aromatic heterocycles. The van der Waals surface area contributed by atoms with Crippen LogP contribution in [-0.2, 0) is 0 Å². The molecule has 18 heavy (non-hydrogen) atoms. The summed E-state index contributed by atoms with van der Waals surface area (Å²) in [6.45, 7) is 2.97. The highest BCUT2D eigenvalue weighted by molar-refractivity contribution is 6.35. The lowest BCUT2D eigenvalue weighted by atomic mass is 9.96. The van der Waals surface area contributed by atoms with Crippen molar-refractivity contribution in [3.05, 3.63) is 28.0 Å². The number of carbonyl (C=O) groups excluding carboxylic acids is 1. The molecule has 1 aromatic rings. The molecule has 0 bridgehead atoms. The summed E-state index contributed by atoms with van der Waals surface area (Å²) in [5.74, 6) is -0.0955. The minimum Gasteiger partial charge on any atom is -0.393 e. The molecule has 1 fully saturated rings. The number of carbonyl (C=O) groups is 1. The number of nitrogens with zero attached hydrogens (tertiary/aromatic N) is 2. The standard InChI is InChI=1S/C12H14Cl2N2O2/c1-7-6-16(3-2-10(7)17)12(18)8-4-11(14)15-5-9(8)13/h4-5,7,10,17H,2-3,6H2,1H3. The van der Waals surface area contributed by atoms with Gasteiger partial charge in [0.05, 0.1) is 16.7 Å². The number of piperidine rings is 1. The number of halogens is 2. The lowest BCUT2D eigenvalue weighted by molar-refractivity contribution is 0.0297. The highest BCUT2D eigenvalue weighted by Crippen LogP contribution is 2.23. The second kappa shape index (κ2) is 5.43. The van der Waals surface area contributed by atoms with E-state index in [1.807, 2.05) is 6.92 Å². The molecule has 0 saturated carbocycles. The third kappa shape index (κ3) is 2.76. The molecule has 2 unspecified atom stereocenters. The van der Waals surface area contributed by atoms with Crippen LogP contribution in [0.2, 0.25) is 10.2 Å². The summed E-state index contributed by atoms with van der Waals surface area (Å²) in [4.78, 5) is 17.8. The van der Waals surface area contributed by atoms with Crippen LogP contribution in [0.4, 0.5) is 0 Å². The lowest BCUT2D eigenvalue weighted by Gasteiger charge is -2.34. The van der Waals surface area contributed by atoms with E-state index in [0.717, 1.165) is 0 Å². The average molecular weight is 289 g/mol. The number of rotatable bonds is 1. The summed E-state index contributed by atoms with van der Waals surface area (Å²) in [5.41, 5.74) is 0.361. The Kier molecular flexibility index (Phi) is 4.10. The van der Waals surface area contributed by atoms with Gasteiger partial charge >= 0.3 is 0 Å². The maximum atomic E-state index is 12.3. The van der Waals surface area contributed by atoms with Crippen molar-refractivity contribution in [2.45, 2.75) is 19.4 Å². The number of aromatic nitrogens is 1. The van der Waals surface area contributed by atoms with E-state index in [2.05, 4.69) is 4.98 Å². The van der Waals surface area contributed by atoms with Gasteiger partial charge < -0.3 is 10.0 Å². The SMILES string of the molecule is CC1CN(C(=O)c2cc(Cl)ncc2Cl)CCC1O. The molecule has 98 valence electrons. The Morgan fingerprint density at radius 2 is 2.28 bits per heavy atom. The predicted octanol–water partition coefficient (Wildman–Crippen LogP) is 2.23. The molecule has 0 radical (unpaired) electrons. The van der Waals surface area contributed by atoms with E-state index in [1.165, 1.54) is 12.3 Å². The molecule has 6 heteroatoms. The molecule has 1 aliphatic heterocycles. The largest absolute Gasteiger partial charge is 0.393 e. The minimum absolute atomic E-state index is 0.0683. The first-order valence-electron chi connectivity index (χ1n) is 5.77. The smallest absolute Gasteiger partial charge is 0.255 e. The first kappa shape index (κ1) is 13.6. The molecular weight excluding hydrogens is 275 g/mol. The van der Waals surface area contributed by atoms with Gasteiger partial charge in [-0.25, -0.2) is 4.98 Å². The number of hydrogen-bond acceptors (Lipinski definition) is 3. The molecule has 0 aliphatic carbocycles. The summed E-state index contributed by atoms with van der Waals surface area (Å²) in [6, 6.07) is 1.47. The third-order valence-electron chi connectivity index (χ3n) is 3.20. The molecule has 4 nitrogen and oxygen atoms in total. The highest BCUT2D eigenvalue weighted by atomic mass is 35.5. The second-order valence-corrected chi connectivity index (χ2v) is 5.37. The van der Waals surface area contributed by atoms with Crippen LogP contribution in [0.15, 0.2) is 12.3 Å². The quantitative estimate of drug-likeness (QED) is 0.807. The van der Waals surface area contributed by atoms with Crippen LogP contribution < -0.4 is 0 Å². The summed E-state index contributed by atoms with van der Waals surface area (Å²) in [6.07, 6.45) is 1.62. The monoisotopic (exact) mass is 288 g/mol. The number of amides is 1. The van der Waals surface area contributed by atoms with Crippen LogP contribution in [0.3, 0.4) is 0 Å². The van der Waals surface area contributed by atoms with Gasteiger partial charge in [0.25, 0.3) is 5.91 Å². The predicted molar refractivity (Wildman–Crippen MR) is 69.9 cm³/mol. The number of aliphatic hydroxyl groups is 1. The van der Waals surface area contributed by atoms with Crippen molar-refractivity contribution in [2.24, 2.45) is 5.92 Å². The van der Waals surface area contributed by atoms with E-state index in [0.29, 0.717) is 30.1 Å². The van der Waals surface area contributed by atoms with Gasteiger partial charge in [-0.2, -0.15) is 0 Å². The number of hydrogen-bond donors (Lipinski definition) is 1. The fraction of sp³-hybridized carbons (Fsp3) is 0.500. The molecular formula is C12H14Cl2N2O2. The van der Waals surface area contributed by atoms with Gasteiger partial charge in [0, 0.05) is 19.3 Å². The Hall–Kier alpha value is -0.840. The molecule has 2 heterocycles. The van der Waals surface area contributed by atoms with Crippen molar-refractivity contribution < 1.29 is 9.90 Å². The molecule has 1 amide bonds. The number of pyridine rings is 1. The third-order valence-corrected chi connectivity index (χ3v) is 3.71. The summed E-state index contributed by atoms with van der Waals surface area (Å²) >= 11 is 11.7. The zero-order chi connectivity index (χ0) is 13.3. The van der Waals surface area contributed by atoms with Crippen LogP contribution in [0.5, 0.6) is 0 Å². The Balaban J connectivity index is 2.19. The van der Waals surface area contributed by atoms with Gasteiger partial charge in [-0.15, -0.1) is 0 Å². The van der Waals surface area contributed by atoms with Crippen molar-refractivity contribution in [3.8, 4) is 0 Å². The highest BCUT2D eigenvalue weighted by Gasteiger charge is 2.28. The van der Waals surface area contributed by atoms with Gasteiger partial charge in [0.1, 0.15) is 5.15 Å². The first-order chi connectivity index (χ1) is 8.49. The van der Waals surface area contributed by atoms with Crippen molar-refractivity contribution in [2.75, 3.05) is 13.1 Å². The Morgan fingerprint density at radius 3 is 2.94 bits per heavy atom. The first-order valence-corrected chi connectivity index (χ1v) is 6.53. The van der Waals surface area contributed by atoms with Crippen LogP contribution in [0.25, 0.3) is 0 Å². The zero-order valence-electron chi connectivity index (χ0n) is 9.94. The lowest BCUT2D eigenvalue weighted by Crippen LogP contribution is -2.45. The van der Waals surface area contributed by atoms with Crippen molar-refractivity contribution in [1.29, 1.82) is 0 Å². The van der Waals surface area contributed by atoms with Crippen molar-refractivity contribution in [1.82, 2.24) is 9.88 Å². The Morgan fingerprint density at radius 1 is 1.56 bits per heavy atom. The summed E-state index contributed by atoms with van der Waals surface area (Å²) in [7, 11) is 0. The molecule has 0 spiro atoms.